The molecule has 0 N–H and O–H groups in total. The highest BCUT2D eigenvalue weighted by Gasteiger charge is 2.21. The first-order valence-corrected chi connectivity index (χ1v) is 11.5. The van der Waals surface area contributed by atoms with Crippen LogP contribution in [0.25, 0.3) is 39.5 Å². The topological polar surface area (TPSA) is 30.7 Å². The summed E-state index contributed by atoms with van der Waals surface area (Å²) in [6, 6.07) is 31.7. The number of aromatic nitrogens is 3. The van der Waals surface area contributed by atoms with Crippen molar-refractivity contribution >= 4 is 0 Å². The van der Waals surface area contributed by atoms with Gasteiger partial charge in [0.15, 0.2) is 0 Å². The second-order valence-corrected chi connectivity index (χ2v) is 8.34. The van der Waals surface area contributed by atoms with Crippen LogP contribution in [0, 0.1) is 0 Å². The quantitative estimate of drug-likeness (QED) is 0.276. The van der Waals surface area contributed by atoms with Crippen LogP contribution in [0.2, 0.25) is 0 Å². The number of benzene rings is 3. The maximum Gasteiger partial charge on any atom is 0.144 e. The summed E-state index contributed by atoms with van der Waals surface area (Å²) < 4.78 is 2.23. The van der Waals surface area contributed by atoms with Crippen LogP contribution in [0.4, 0.5) is 0 Å². The summed E-state index contributed by atoms with van der Waals surface area (Å²) >= 11 is 0. The van der Waals surface area contributed by atoms with Crippen molar-refractivity contribution in [1.82, 2.24) is 14.5 Å². The Labute approximate surface area is 195 Å². The van der Waals surface area contributed by atoms with Crippen molar-refractivity contribution in [3.05, 3.63) is 115 Å². The number of rotatable bonds is 6. The normalized spacial score (nSPS) is 11.9. The minimum Gasteiger partial charge on any atom is -0.299 e. The zero-order chi connectivity index (χ0) is 22.6. The molecule has 1 atom stereocenters. The molecule has 0 aliphatic carbocycles. The van der Waals surface area contributed by atoms with Gasteiger partial charge in [0, 0.05) is 29.7 Å². The average Bonchev–Trinajstić information content (AvgIpc) is 3.38. The Kier molecular flexibility index (Phi) is 5.86. The largest absolute Gasteiger partial charge is 0.299 e. The van der Waals surface area contributed by atoms with Crippen LogP contribution in [-0.4, -0.2) is 14.5 Å². The molecule has 0 aliphatic rings. The maximum absolute atomic E-state index is 4.75. The lowest BCUT2D eigenvalue weighted by atomic mass is 9.89. The lowest BCUT2D eigenvalue weighted by Gasteiger charge is -2.23. The van der Waals surface area contributed by atoms with Crippen molar-refractivity contribution in [2.45, 2.75) is 26.2 Å². The summed E-state index contributed by atoms with van der Waals surface area (Å²) in [5.41, 5.74) is 8.03. The second-order valence-electron chi connectivity index (χ2n) is 8.34. The van der Waals surface area contributed by atoms with Gasteiger partial charge in [0.2, 0.25) is 0 Å². The van der Waals surface area contributed by atoms with Crippen molar-refractivity contribution in [3.8, 4) is 39.5 Å². The SMILES string of the molecule is CCC(C)c1cc(-c2ccccc2)cc(-c2ccccn2)c1-n1ccnc1-c1ccccc1. The minimum atomic E-state index is 0.372. The smallest absolute Gasteiger partial charge is 0.144 e. The van der Waals surface area contributed by atoms with Crippen molar-refractivity contribution in [2.75, 3.05) is 0 Å². The van der Waals surface area contributed by atoms with E-state index in [1.165, 1.54) is 16.7 Å². The first-order chi connectivity index (χ1) is 16.3. The van der Waals surface area contributed by atoms with Crippen molar-refractivity contribution in [1.29, 1.82) is 0 Å². The van der Waals surface area contributed by atoms with Gasteiger partial charge in [-0.05, 0) is 53.3 Å². The summed E-state index contributed by atoms with van der Waals surface area (Å²) in [5.74, 6) is 1.31. The van der Waals surface area contributed by atoms with Crippen LogP contribution in [0.1, 0.15) is 31.7 Å². The fourth-order valence-corrected chi connectivity index (χ4v) is 4.32. The van der Waals surface area contributed by atoms with Gasteiger partial charge < -0.3 is 0 Å². The number of imidazole rings is 1. The Balaban J connectivity index is 1.83. The molecule has 2 heterocycles. The van der Waals surface area contributed by atoms with Crippen LogP contribution < -0.4 is 0 Å². The highest BCUT2D eigenvalue weighted by molar-refractivity contribution is 5.81. The fraction of sp³-hybridized carbons (Fsp3) is 0.133. The molecule has 3 heteroatoms. The fourth-order valence-electron chi connectivity index (χ4n) is 4.32. The summed E-state index contributed by atoms with van der Waals surface area (Å²) in [5, 5.41) is 0. The summed E-state index contributed by atoms with van der Waals surface area (Å²) in [6.07, 6.45) is 6.86. The summed E-state index contributed by atoms with van der Waals surface area (Å²) in [6.45, 7) is 4.55. The molecular weight excluding hydrogens is 402 g/mol. The Morgan fingerprint density at radius 3 is 2.09 bits per heavy atom. The monoisotopic (exact) mass is 429 g/mol. The number of hydrogen-bond acceptors (Lipinski definition) is 2. The van der Waals surface area contributed by atoms with Crippen LogP contribution >= 0.6 is 0 Å². The summed E-state index contributed by atoms with van der Waals surface area (Å²) in [4.78, 5) is 9.50. The van der Waals surface area contributed by atoms with E-state index >= 15 is 0 Å². The molecular formula is C30H27N3. The van der Waals surface area contributed by atoms with Crippen LogP contribution in [0.3, 0.4) is 0 Å². The molecule has 162 valence electrons. The first kappa shape index (κ1) is 20.9. The zero-order valence-electron chi connectivity index (χ0n) is 19.0. The highest BCUT2D eigenvalue weighted by Crippen LogP contribution is 2.39. The second kappa shape index (κ2) is 9.25. The molecule has 0 aliphatic heterocycles. The van der Waals surface area contributed by atoms with Gasteiger partial charge in [0.25, 0.3) is 0 Å². The van der Waals surface area contributed by atoms with E-state index in [4.69, 9.17) is 9.97 Å². The molecule has 0 amide bonds. The molecule has 3 aromatic carbocycles. The highest BCUT2D eigenvalue weighted by atomic mass is 15.1. The Morgan fingerprint density at radius 1 is 0.727 bits per heavy atom. The maximum atomic E-state index is 4.75. The molecule has 33 heavy (non-hydrogen) atoms. The third-order valence-corrected chi connectivity index (χ3v) is 6.24. The molecule has 3 nitrogen and oxygen atoms in total. The molecule has 0 bridgehead atoms. The Bertz CT molecular complexity index is 1340. The molecule has 0 radical (unpaired) electrons. The van der Waals surface area contributed by atoms with Crippen molar-refractivity contribution in [3.63, 3.8) is 0 Å². The Morgan fingerprint density at radius 2 is 1.42 bits per heavy atom. The third-order valence-electron chi connectivity index (χ3n) is 6.24. The molecule has 5 rings (SSSR count). The van der Waals surface area contributed by atoms with E-state index in [9.17, 15) is 0 Å². The standard InChI is InChI=1S/C30H27N3/c1-3-22(2)26-20-25(23-12-6-4-7-13-23)21-27(28-16-10-11-17-31-28)29(26)33-19-18-32-30(33)24-14-8-5-9-15-24/h4-22H,3H2,1-2H3. The molecule has 0 fully saturated rings. The van der Waals surface area contributed by atoms with Gasteiger partial charge in [0.05, 0.1) is 11.4 Å². The summed E-state index contributed by atoms with van der Waals surface area (Å²) in [7, 11) is 0. The van der Waals surface area contributed by atoms with Crippen LogP contribution in [-0.2, 0) is 0 Å². The van der Waals surface area contributed by atoms with Gasteiger partial charge in [-0.2, -0.15) is 0 Å². The van der Waals surface area contributed by atoms with E-state index in [1.54, 1.807) is 0 Å². The van der Waals surface area contributed by atoms with E-state index < -0.39 is 0 Å². The predicted molar refractivity (Wildman–Crippen MR) is 136 cm³/mol. The average molecular weight is 430 g/mol. The van der Waals surface area contributed by atoms with Crippen molar-refractivity contribution in [2.24, 2.45) is 0 Å². The van der Waals surface area contributed by atoms with Gasteiger partial charge in [-0.25, -0.2) is 4.98 Å². The number of hydrogen-bond donors (Lipinski definition) is 0. The molecule has 0 saturated heterocycles. The Hall–Kier alpha value is -3.98. The van der Waals surface area contributed by atoms with Gasteiger partial charge >= 0.3 is 0 Å². The first-order valence-electron chi connectivity index (χ1n) is 11.5. The van der Waals surface area contributed by atoms with E-state index in [0.29, 0.717) is 5.92 Å². The minimum absolute atomic E-state index is 0.372. The predicted octanol–water partition coefficient (Wildman–Crippen LogP) is 7.78. The van der Waals surface area contributed by atoms with E-state index in [1.807, 2.05) is 24.5 Å². The molecule has 5 aromatic rings. The number of nitrogens with zero attached hydrogens (tertiary/aromatic N) is 3. The molecule has 0 saturated carbocycles. The lowest BCUT2D eigenvalue weighted by Crippen LogP contribution is -2.07. The molecule has 0 spiro atoms. The zero-order valence-corrected chi connectivity index (χ0v) is 19.0. The molecule has 1 unspecified atom stereocenters. The number of pyridine rings is 1. The molecule has 2 aromatic heterocycles. The van der Waals surface area contributed by atoms with Gasteiger partial charge in [-0.3, -0.25) is 9.55 Å². The van der Waals surface area contributed by atoms with E-state index in [0.717, 1.165) is 34.8 Å². The van der Waals surface area contributed by atoms with Crippen molar-refractivity contribution < 1.29 is 0 Å². The van der Waals surface area contributed by atoms with E-state index in [2.05, 4.69) is 103 Å². The van der Waals surface area contributed by atoms with Gasteiger partial charge in [-0.1, -0.05) is 80.6 Å². The van der Waals surface area contributed by atoms with Gasteiger partial charge in [-0.15, -0.1) is 0 Å². The van der Waals surface area contributed by atoms with Gasteiger partial charge in [0.1, 0.15) is 5.82 Å². The van der Waals surface area contributed by atoms with Crippen LogP contribution in [0.5, 0.6) is 0 Å². The third kappa shape index (κ3) is 4.10. The lowest BCUT2D eigenvalue weighted by molar-refractivity contribution is 0.727. The van der Waals surface area contributed by atoms with Crippen LogP contribution in [0.15, 0.2) is 110 Å². The van der Waals surface area contributed by atoms with E-state index in [-0.39, 0.29) is 0 Å².